The van der Waals surface area contributed by atoms with Gasteiger partial charge in [-0.25, -0.2) is 0 Å². The van der Waals surface area contributed by atoms with Crippen LogP contribution in [0.25, 0.3) is 0 Å². The van der Waals surface area contributed by atoms with E-state index in [1.807, 2.05) is 29.2 Å². The topological polar surface area (TPSA) is 51.2 Å². The first-order chi connectivity index (χ1) is 13.6. The fourth-order valence-electron chi connectivity index (χ4n) is 3.42. The molecule has 0 bridgehead atoms. The van der Waals surface area contributed by atoms with Gasteiger partial charge in [-0.3, -0.25) is 9.69 Å². The van der Waals surface area contributed by atoms with Crippen LogP contribution < -0.4 is 14.2 Å². The van der Waals surface area contributed by atoms with Gasteiger partial charge in [0.15, 0.2) is 18.1 Å². The molecular weight excluding hydrogens is 356 g/mol. The quantitative estimate of drug-likeness (QED) is 0.735. The van der Waals surface area contributed by atoms with Crippen molar-refractivity contribution in [1.29, 1.82) is 0 Å². The lowest BCUT2D eigenvalue weighted by atomic mass is 10.1. The molecule has 1 saturated heterocycles. The van der Waals surface area contributed by atoms with Crippen molar-refractivity contribution < 1.29 is 19.0 Å². The fraction of sp³-hybridized carbons (Fsp3) is 0.409. The molecule has 1 amide bonds. The lowest BCUT2D eigenvalue weighted by Crippen LogP contribution is -2.49. The lowest BCUT2D eigenvalue weighted by Gasteiger charge is -2.34. The second-order valence-electron chi connectivity index (χ2n) is 6.90. The van der Waals surface area contributed by atoms with Crippen LogP contribution in [0.15, 0.2) is 42.5 Å². The molecule has 150 valence electrons. The number of benzene rings is 2. The van der Waals surface area contributed by atoms with Gasteiger partial charge >= 0.3 is 0 Å². The van der Waals surface area contributed by atoms with Gasteiger partial charge in [-0.15, -0.1) is 0 Å². The highest BCUT2D eigenvalue weighted by atomic mass is 16.5. The van der Waals surface area contributed by atoms with Crippen LogP contribution in [-0.4, -0.2) is 62.7 Å². The maximum atomic E-state index is 12.5. The molecule has 2 aromatic carbocycles. The molecule has 2 aromatic rings. The van der Waals surface area contributed by atoms with E-state index in [2.05, 4.69) is 24.0 Å². The van der Waals surface area contributed by atoms with Crippen LogP contribution in [0.5, 0.6) is 17.2 Å². The fourth-order valence-corrected chi connectivity index (χ4v) is 3.42. The minimum Gasteiger partial charge on any atom is -0.496 e. The Morgan fingerprint density at radius 1 is 0.929 bits per heavy atom. The van der Waals surface area contributed by atoms with E-state index >= 15 is 0 Å². The molecule has 6 heteroatoms. The molecule has 1 aliphatic rings. The highest BCUT2D eigenvalue weighted by Gasteiger charge is 2.22. The number of rotatable bonds is 7. The predicted molar refractivity (Wildman–Crippen MR) is 108 cm³/mol. The lowest BCUT2D eigenvalue weighted by molar-refractivity contribution is -0.135. The molecule has 6 nitrogen and oxygen atoms in total. The Morgan fingerprint density at radius 3 is 2.25 bits per heavy atom. The van der Waals surface area contributed by atoms with Crippen molar-refractivity contribution in [2.75, 3.05) is 47.0 Å². The minimum atomic E-state index is 0.00541. The van der Waals surface area contributed by atoms with Crippen LogP contribution in [0.1, 0.15) is 11.1 Å². The summed E-state index contributed by atoms with van der Waals surface area (Å²) >= 11 is 0. The first-order valence-corrected chi connectivity index (χ1v) is 9.50. The van der Waals surface area contributed by atoms with Gasteiger partial charge in [-0.1, -0.05) is 24.3 Å². The molecular formula is C22H28N2O4. The summed E-state index contributed by atoms with van der Waals surface area (Å²) in [6.07, 6.45) is 0. The van der Waals surface area contributed by atoms with Gasteiger partial charge in [0.1, 0.15) is 5.75 Å². The zero-order valence-electron chi connectivity index (χ0n) is 16.8. The summed E-state index contributed by atoms with van der Waals surface area (Å²) in [4.78, 5) is 16.7. The summed E-state index contributed by atoms with van der Waals surface area (Å²) < 4.78 is 16.2. The maximum absolute atomic E-state index is 12.5. The SMILES string of the molecule is COc1ccc(CN2CCN(C(=O)COc3ccccc3OC)CC2)cc1C. The number of carbonyl (C=O) groups excluding carboxylic acids is 1. The Hall–Kier alpha value is -2.73. The van der Waals surface area contributed by atoms with Crippen LogP contribution in [-0.2, 0) is 11.3 Å². The normalized spacial score (nSPS) is 14.6. The molecule has 0 unspecified atom stereocenters. The number of carbonyl (C=O) groups is 1. The average molecular weight is 384 g/mol. The van der Waals surface area contributed by atoms with Gasteiger partial charge in [0.25, 0.3) is 5.91 Å². The van der Waals surface area contributed by atoms with Gasteiger partial charge in [0.2, 0.25) is 0 Å². The van der Waals surface area contributed by atoms with E-state index in [0.717, 1.165) is 30.9 Å². The molecule has 1 heterocycles. The van der Waals surface area contributed by atoms with Crippen molar-refractivity contribution in [3.05, 3.63) is 53.6 Å². The first-order valence-electron chi connectivity index (χ1n) is 9.50. The molecule has 3 rings (SSSR count). The molecule has 28 heavy (non-hydrogen) atoms. The van der Waals surface area contributed by atoms with E-state index in [0.29, 0.717) is 24.6 Å². The monoisotopic (exact) mass is 384 g/mol. The summed E-state index contributed by atoms with van der Waals surface area (Å²) in [6, 6.07) is 13.6. The summed E-state index contributed by atoms with van der Waals surface area (Å²) in [5, 5.41) is 0. The van der Waals surface area contributed by atoms with E-state index in [1.54, 1.807) is 20.3 Å². The van der Waals surface area contributed by atoms with Crippen LogP contribution in [0.2, 0.25) is 0 Å². The Labute approximate surface area is 166 Å². The minimum absolute atomic E-state index is 0.00541. The van der Waals surface area contributed by atoms with E-state index in [4.69, 9.17) is 14.2 Å². The zero-order chi connectivity index (χ0) is 19.9. The van der Waals surface area contributed by atoms with E-state index in [1.165, 1.54) is 5.56 Å². The summed E-state index contributed by atoms with van der Waals surface area (Å²) in [5.74, 6) is 2.14. The number of hydrogen-bond donors (Lipinski definition) is 0. The number of methoxy groups -OCH3 is 2. The van der Waals surface area contributed by atoms with Crippen molar-refractivity contribution >= 4 is 5.91 Å². The number of nitrogens with zero attached hydrogens (tertiary/aromatic N) is 2. The average Bonchev–Trinajstić information content (AvgIpc) is 2.73. The molecule has 0 radical (unpaired) electrons. The number of para-hydroxylation sites is 2. The number of aryl methyl sites for hydroxylation is 1. The van der Waals surface area contributed by atoms with E-state index in [9.17, 15) is 4.79 Å². The third kappa shape index (κ3) is 4.95. The molecule has 0 aliphatic carbocycles. The van der Waals surface area contributed by atoms with Crippen molar-refractivity contribution in [2.24, 2.45) is 0 Å². The van der Waals surface area contributed by atoms with Crippen molar-refractivity contribution in [1.82, 2.24) is 9.80 Å². The van der Waals surface area contributed by atoms with Crippen LogP contribution in [0.4, 0.5) is 0 Å². The number of piperazine rings is 1. The van der Waals surface area contributed by atoms with Gasteiger partial charge in [0.05, 0.1) is 14.2 Å². The number of hydrogen-bond acceptors (Lipinski definition) is 5. The van der Waals surface area contributed by atoms with Crippen molar-refractivity contribution in [3.8, 4) is 17.2 Å². The van der Waals surface area contributed by atoms with Crippen LogP contribution >= 0.6 is 0 Å². The predicted octanol–water partition coefficient (Wildman–Crippen LogP) is 2.74. The van der Waals surface area contributed by atoms with Crippen LogP contribution in [0, 0.1) is 6.92 Å². The summed E-state index contributed by atoms with van der Waals surface area (Å²) in [5.41, 5.74) is 2.40. The number of ether oxygens (including phenoxy) is 3. The van der Waals surface area contributed by atoms with Gasteiger partial charge in [0, 0.05) is 32.7 Å². The molecule has 1 fully saturated rings. The van der Waals surface area contributed by atoms with E-state index < -0.39 is 0 Å². The molecule has 0 N–H and O–H groups in total. The molecule has 0 aromatic heterocycles. The van der Waals surface area contributed by atoms with Crippen molar-refractivity contribution in [3.63, 3.8) is 0 Å². The Balaban J connectivity index is 1.47. The first kappa shape index (κ1) is 20.0. The second-order valence-corrected chi connectivity index (χ2v) is 6.90. The Morgan fingerprint density at radius 2 is 1.61 bits per heavy atom. The molecule has 0 spiro atoms. The highest BCUT2D eigenvalue weighted by molar-refractivity contribution is 5.78. The Bertz CT molecular complexity index is 801. The largest absolute Gasteiger partial charge is 0.496 e. The Kier molecular flexibility index (Phi) is 6.76. The van der Waals surface area contributed by atoms with Gasteiger partial charge in [-0.2, -0.15) is 0 Å². The summed E-state index contributed by atoms with van der Waals surface area (Å²) in [7, 11) is 3.28. The third-order valence-electron chi connectivity index (χ3n) is 5.01. The smallest absolute Gasteiger partial charge is 0.260 e. The zero-order valence-corrected chi connectivity index (χ0v) is 16.8. The standard InChI is InChI=1S/C22H28N2O4/c1-17-14-18(8-9-19(17)26-2)15-23-10-12-24(13-11-23)22(25)16-28-21-7-5-4-6-20(21)27-3/h4-9,14H,10-13,15-16H2,1-3H3. The highest BCUT2D eigenvalue weighted by Crippen LogP contribution is 2.25. The molecule has 1 aliphatic heterocycles. The van der Waals surface area contributed by atoms with Crippen molar-refractivity contribution in [2.45, 2.75) is 13.5 Å². The van der Waals surface area contributed by atoms with Gasteiger partial charge in [-0.05, 0) is 36.2 Å². The molecule has 0 saturated carbocycles. The summed E-state index contributed by atoms with van der Waals surface area (Å²) in [6.45, 7) is 6.09. The molecule has 0 atom stereocenters. The second kappa shape index (κ2) is 9.46. The van der Waals surface area contributed by atoms with E-state index in [-0.39, 0.29) is 12.5 Å². The van der Waals surface area contributed by atoms with Gasteiger partial charge < -0.3 is 19.1 Å². The third-order valence-corrected chi connectivity index (χ3v) is 5.01. The maximum Gasteiger partial charge on any atom is 0.260 e. The van der Waals surface area contributed by atoms with Crippen LogP contribution in [0.3, 0.4) is 0 Å². The number of amides is 1.